The lowest BCUT2D eigenvalue weighted by atomic mass is 9.73. The van der Waals surface area contributed by atoms with Gasteiger partial charge >= 0.3 is 11.9 Å². The molecule has 236 valence electrons. The van der Waals surface area contributed by atoms with Crippen LogP contribution in [0.2, 0.25) is 5.02 Å². The molecule has 12 heteroatoms. The number of aromatic nitrogens is 1. The molecule has 0 radical (unpaired) electrons. The van der Waals surface area contributed by atoms with E-state index in [1.807, 2.05) is 0 Å². The maximum Gasteiger partial charge on any atom is 0.396 e. The van der Waals surface area contributed by atoms with Crippen LogP contribution in [0.5, 0.6) is 5.75 Å². The van der Waals surface area contributed by atoms with E-state index in [-0.39, 0.29) is 55.9 Å². The van der Waals surface area contributed by atoms with Gasteiger partial charge in [0.1, 0.15) is 11.5 Å². The van der Waals surface area contributed by atoms with Gasteiger partial charge in [0.05, 0.1) is 17.7 Å². The van der Waals surface area contributed by atoms with Crippen molar-refractivity contribution in [1.29, 1.82) is 0 Å². The third kappa shape index (κ3) is 7.20. The Morgan fingerprint density at radius 2 is 1.86 bits per heavy atom. The van der Waals surface area contributed by atoms with Gasteiger partial charge in [0.2, 0.25) is 5.91 Å². The second-order valence-electron chi connectivity index (χ2n) is 12.0. The summed E-state index contributed by atoms with van der Waals surface area (Å²) in [5, 5.41) is 54.7. The summed E-state index contributed by atoms with van der Waals surface area (Å²) in [4.78, 5) is 29.3. The largest absolute Gasteiger partial charge is 0.433 e. The van der Waals surface area contributed by atoms with Gasteiger partial charge in [0.15, 0.2) is 0 Å². The normalized spacial score (nSPS) is 21.4. The van der Waals surface area contributed by atoms with E-state index >= 15 is 0 Å². The first-order chi connectivity index (χ1) is 20.2. The van der Waals surface area contributed by atoms with E-state index in [2.05, 4.69) is 17.2 Å². The van der Waals surface area contributed by atoms with E-state index in [0.717, 1.165) is 29.2 Å². The molecule has 11 nitrogen and oxygen atoms in total. The molecular formula is C31H42ClN3O8. The zero-order valence-corrected chi connectivity index (χ0v) is 25.6. The number of anilines is 1. The topological polar surface area (TPSA) is 173 Å². The summed E-state index contributed by atoms with van der Waals surface area (Å²) in [5.41, 5.74) is 1.76. The Morgan fingerprint density at radius 1 is 1.19 bits per heavy atom. The molecule has 1 aromatic carbocycles. The number of hydrogen-bond acceptors (Lipinski definition) is 10. The highest BCUT2D eigenvalue weighted by atomic mass is 35.5. The second kappa shape index (κ2) is 13.2. The van der Waals surface area contributed by atoms with Crippen LogP contribution < -0.4 is 10.1 Å². The van der Waals surface area contributed by atoms with E-state index in [0.29, 0.717) is 28.4 Å². The predicted octanol–water partition coefficient (Wildman–Crippen LogP) is 2.76. The molecule has 2 aromatic rings. The quantitative estimate of drug-likeness (QED) is 0.229. The first-order valence-electron chi connectivity index (χ1n) is 14.8. The number of aryl methyl sites for hydroxylation is 2. The molecule has 1 saturated carbocycles. The van der Waals surface area contributed by atoms with Crippen molar-refractivity contribution in [2.24, 2.45) is 5.92 Å². The third-order valence-corrected chi connectivity index (χ3v) is 8.99. The third-order valence-electron chi connectivity index (χ3n) is 8.76. The Kier molecular flexibility index (Phi) is 10.2. The van der Waals surface area contributed by atoms with Gasteiger partial charge in [0.25, 0.3) is 0 Å². The lowest BCUT2D eigenvalue weighted by Gasteiger charge is -2.46. The molecule has 2 fully saturated rings. The molecule has 1 aromatic heterocycles. The van der Waals surface area contributed by atoms with Gasteiger partial charge in [-0.25, -0.2) is 4.90 Å². The molecule has 1 amide bonds. The summed E-state index contributed by atoms with van der Waals surface area (Å²) in [5.74, 6) is -6.11. The highest BCUT2D eigenvalue weighted by Crippen LogP contribution is 2.47. The fourth-order valence-corrected chi connectivity index (χ4v) is 6.21. The Bertz CT molecular complexity index is 1320. The molecular weight excluding hydrogens is 578 g/mol. The summed E-state index contributed by atoms with van der Waals surface area (Å²) < 4.78 is 5.16. The molecule has 2 aliphatic heterocycles. The van der Waals surface area contributed by atoms with Crippen molar-refractivity contribution in [2.75, 3.05) is 18.4 Å². The first-order valence-corrected chi connectivity index (χ1v) is 15.1. The number of rotatable bonds is 9. The Balaban J connectivity index is 0.000000458. The van der Waals surface area contributed by atoms with Gasteiger partial charge < -0.3 is 40.4 Å². The molecule has 3 aliphatic rings. The number of pyridine rings is 1. The summed E-state index contributed by atoms with van der Waals surface area (Å²) in [6.07, 6.45) is 7.01. The number of fused-ring (bicyclic) bond motifs is 2. The number of aliphatic hydroxyl groups excluding tert-OH is 1. The van der Waals surface area contributed by atoms with Crippen molar-refractivity contribution in [3.8, 4) is 5.75 Å². The van der Waals surface area contributed by atoms with Gasteiger partial charge in [-0.15, -0.1) is 0 Å². The molecule has 0 unspecified atom stereocenters. The number of ketones is 1. The van der Waals surface area contributed by atoms with Crippen molar-refractivity contribution < 1.29 is 39.9 Å². The zero-order valence-electron chi connectivity index (χ0n) is 24.8. The van der Waals surface area contributed by atoms with Crippen LogP contribution >= 0.6 is 11.6 Å². The van der Waals surface area contributed by atoms with Gasteiger partial charge in [-0.05, 0) is 87.3 Å². The van der Waals surface area contributed by atoms with Crippen LogP contribution in [-0.2, 0) is 21.4 Å². The fourth-order valence-electron chi connectivity index (χ4n) is 6.04. The smallest absolute Gasteiger partial charge is 0.396 e. The number of likely N-dealkylation sites (tertiary alicyclic amines) is 1. The van der Waals surface area contributed by atoms with Crippen molar-refractivity contribution in [3.05, 3.63) is 52.3 Å². The van der Waals surface area contributed by atoms with Crippen molar-refractivity contribution in [3.63, 3.8) is 0 Å². The number of nitrogens with one attached hydrogen (secondary N) is 1. The molecule has 1 aliphatic carbocycles. The number of carbonyl (C=O) groups excluding carboxylic acids is 2. The number of amides is 1. The number of Topliss-reactive ketones (excluding diaryl/α,β-unsaturated/α-hetero) is 1. The molecule has 0 atom stereocenters. The van der Waals surface area contributed by atoms with Crippen molar-refractivity contribution in [1.82, 2.24) is 9.88 Å². The minimum absolute atomic E-state index is 0.0113. The van der Waals surface area contributed by atoms with Crippen molar-refractivity contribution >= 4 is 29.0 Å². The van der Waals surface area contributed by atoms with Crippen molar-refractivity contribution in [2.45, 2.75) is 95.5 Å². The number of piperidine rings is 1. The number of halogens is 1. The zero-order chi connectivity index (χ0) is 31.6. The number of aliphatic hydroxyl groups is 5. The van der Waals surface area contributed by atoms with Gasteiger partial charge in [0, 0.05) is 35.9 Å². The summed E-state index contributed by atoms with van der Waals surface area (Å²) >= 11 is 6.13. The maximum atomic E-state index is 12.8. The van der Waals surface area contributed by atoms with Crippen LogP contribution in [0.25, 0.3) is 0 Å². The number of benzene rings is 1. The highest BCUT2D eigenvalue weighted by molar-refractivity contribution is 6.31. The number of hydrogen-bond donors (Lipinski definition) is 6. The van der Waals surface area contributed by atoms with Crippen LogP contribution in [0.3, 0.4) is 0 Å². The Morgan fingerprint density at radius 3 is 2.47 bits per heavy atom. The van der Waals surface area contributed by atoms with Crippen LogP contribution in [0.15, 0.2) is 30.5 Å². The summed E-state index contributed by atoms with van der Waals surface area (Å²) in [6.45, 7) is 5.31. The minimum Gasteiger partial charge on any atom is -0.433 e. The standard InChI is InChI=1S/C24H28ClN3O7.C7H14O/c1-14(29)3-4-16-11-18(13-26-15(16)2)35-24(33,34)23(31,32)28-9-7-22(8-10-28)19-12-17(25)5-6-20(19)27-21(22)30;1-2-3-6-4-7(8)5-6/h5-6,11-13,31-34H,3-4,7-10H2,1-2H3,(H,27,30);6-8H,2-5H2,1H3. The number of carbonyl (C=O) groups is 2. The van der Waals surface area contributed by atoms with E-state index in [1.54, 1.807) is 25.1 Å². The number of nitrogens with zero attached hydrogens (tertiary/aromatic N) is 2. The molecule has 3 heterocycles. The van der Waals surface area contributed by atoms with E-state index in [4.69, 9.17) is 21.4 Å². The van der Waals surface area contributed by atoms with Crippen LogP contribution in [-0.4, -0.2) is 78.2 Å². The van der Waals surface area contributed by atoms with E-state index in [9.17, 15) is 30.0 Å². The second-order valence-corrected chi connectivity index (χ2v) is 12.4. The Labute approximate surface area is 256 Å². The average molecular weight is 620 g/mol. The lowest BCUT2D eigenvalue weighted by Crippen LogP contribution is -2.69. The average Bonchev–Trinajstić information content (AvgIpc) is 3.18. The van der Waals surface area contributed by atoms with E-state index in [1.165, 1.54) is 32.0 Å². The molecule has 6 N–H and O–H groups in total. The van der Waals surface area contributed by atoms with Gasteiger partial charge in [-0.2, -0.15) is 0 Å². The predicted molar refractivity (Wildman–Crippen MR) is 159 cm³/mol. The molecule has 1 spiro atoms. The monoisotopic (exact) mass is 619 g/mol. The fraction of sp³-hybridized carbons (Fsp3) is 0.581. The lowest BCUT2D eigenvalue weighted by molar-refractivity contribution is -0.476. The maximum absolute atomic E-state index is 12.8. The first kappa shape index (κ1) is 33.3. The molecule has 43 heavy (non-hydrogen) atoms. The number of ether oxygens (including phenoxy) is 1. The SMILES string of the molecule is CC(=O)CCc1cc(OC(O)(O)C(O)(O)N2CCC3(CC2)C(=O)Nc2ccc(Cl)cc23)cnc1C.CCCC1CC(O)C1. The minimum atomic E-state index is -3.43. The molecule has 1 saturated heterocycles. The summed E-state index contributed by atoms with van der Waals surface area (Å²) in [7, 11) is 0. The molecule has 5 rings (SSSR count). The van der Waals surface area contributed by atoms with Gasteiger partial charge in [-0.3, -0.25) is 9.78 Å². The summed E-state index contributed by atoms with van der Waals surface area (Å²) in [6, 6.07) is 6.59. The van der Waals surface area contributed by atoms with Gasteiger partial charge in [-0.1, -0.05) is 31.4 Å². The van der Waals surface area contributed by atoms with Crippen LogP contribution in [0.1, 0.15) is 75.6 Å². The van der Waals surface area contributed by atoms with Crippen LogP contribution in [0, 0.1) is 12.8 Å². The van der Waals surface area contributed by atoms with E-state index < -0.39 is 17.3 Å². The Hall–Kier alpha value is -2.64. The highest BCUT2D eigenvalue weighted by Gasteiger charge is 2.59. The molecule has 0 bridgehead atoms. The van der Waals surface area contributed by atoms with Crippen LogP contribution in [0.4, 0.5) is 5.69 Å².